The van der Waals surface area contributed by atoms with Crippen LogP contribution in [0.15, 0.2) is 6.20 Å². The molecule has 1 aromatic rings. The molecule has 0 aromatic carbocycles. The van der Waals surface area contributed by atoms with Gasteiger partial charge in [-0.3, -0.25) is 4.79 Å². The number of nitrogens with one attached hydrogen (secondary N) is 1. The van der Waals surface area contributed by atoms with E-state index in [1.54, 1.807) is 11.3 Å². The van der Waals surface area contributed by atoms with E-state index in [0.717, 1.165) is 42.0 Å². The molecular formula is C16H22N2OS. The van der Waals surface area contributed by atoms with Gasteiger partial charge in [-0.15, -0.1) is 11.3 Å². The largest absolute Gasteiger partial charge is 0.351 e. The Morgan fingerprint density at radius 3 is 2.40 bits per heavy atom. The maximum Gasteiger partial charge on any atom is 0.226 e. The zero-order valence-electron chi connectivity index (χ0n) is 12.0. The highest BCUT2D eigenvalue weighted by atomic mass is 32.1. The Morgan fingerprint density at radius 1 is 1.30 bits per heavy atom. The van der Waals surface area contributed by atoms with Crippen molar-refractivity contribution in [2.24, 2.45) is 23.2 Å². The fraction of sp³-hybridized carbons (Fsp3) is 0.750. The Balaban J connectivity index is 1.45. The molecule has 0 unspecified atom stereocenters. The third-order valence-corrected chi connectivity index (χ3v) is 6.52. The van der Waals surface area contributed by atoms with Crippen molar-refractivity contribution >= 4 is 17.2 Å². The van der Waals surface area contributed by atoms with Crippen molar-refractivity contribution in [3.05, 3.63) is 16.1 Å². The van der Waals surface area contributed by atoms with E-state index in [4.69, 9.17) is 0 Å². The minimum atomic E-state index is -0.0194. The average Bonchev–Trinajstić information content (AvgIpc) is 2.80. The number of nitrogens with zero attached hydrogens (tertiary/aromatic N) is 1. The topological polar surface area (TPSA) is 42.0 Å². The van der Waals surface area contributed by atoms with Gasteiger partial charge in [-0.25, -0.2) is 4.98 Å². The van der Waals surface area contributed by atoms with E-state index in [0.29, 0.717) is 12.5 Å². The molecule has 0 spiro atoms. The van der Waals surface area contributed by atoms with E-state index < -0.39 is 0 Å². The number of aromatic nitrogens is 1. The monoisotopic (exact) mass is 290 g/mol. The molecule has 108 valence electrons. The number of hydrogen-bond donors (Lipinski definition) is 1. The highest BCUT2D eigenvalue weighted by Crippen LogP contribution is 2.60. The number of rotatable bonds is 3. The highest BCUT2D eigenvalue weighted by Gasteiger charge is 2.54. The number of amides is 1. The van der Waals surface area contributed by atoms with Crippen molar-refractivity contribution in [3.8, 4) is 0 Å². The van der Waals surface area contributed by atoms with Crippen LogP contribution < -0.4 is 5.32 Å². The Morgan fingerprint density at radius 2 is 1.90 bits per heavy atom. The zero-order chi connectivity index (χ0) is 13.7. The van der Waals surface area contributed by atoms with Crippen LogP contribution in [0, 0.1) is 30.1 Å². The number of thiazole rings is 1. The van der Waals surface area contributed by atoms with Crippen LogP contribution in [-0.2, 0) is 11.3 Å². The molecule has 1 aromatic heterocycles. The molecule has 0 saturated heterocycles. The maximum atomic E-state index is 12.7. The second-order valence-corrected chi connectivity index (χ2v) is 8.55. The van der Waals surface area contributed by atoms with Gasteiger partial charge in [0.25, 0.3) is 0 Å². The van der Waals surface area contributed by atoms with Gasteiger partial charge in [-0.05, 0) is 63.2 Å². The lowest BCUT2D eigenvalue weighted by Crippen LogP contribution is -2.53. The molecule has 4 aliphatic rings. The van der Waals surface area contributed by atoms with Crippen molar-refractivity contribution in [1.29, 1.82) is 0 Å². The molecule has 0 radical (unpaired) electrons. The molecule has 20 heavy (non-hydrogen) atoms. The van der Waals surface area contributed by atoms with Crippen LogP contribution in [0.3, 0.4) is 0 Å². The quantitative estimate of drug-likeness (QED) is 0.928. The summed E-state index contributed by atoms with van der Waals surface area (Å²) in [5.41, 5.74) is -0.0194. The SMILES string of the molecule is Cc1ncc(CNC(=O)C23CC4CC(CC(C4)C2)C3)s1. The van der Waals surface area contributed by atoms with E-state index in [9.17, 15) is 4.79 Å². The first-order valence-corrected chi connectivity index (χ1v) is 8.64. The van der Waals surface area contributed by atoms with Crippen molar-refractivity contribution in [2.75, 3.05) is 0 Å². The summed E-state index contributed by atoms with van der Waals surface area (Å²) in [6, 6.07) is 0. The molecule has 1 heterocycles. The zero-order valence-corrected chi connectivity index (χ0v) is 12.8. The number of carbonyl (C=O) groups is 1. The van der Waals surface area contributed by atoms with E-state index >= 15 is 0 Å². The minimum Gasteiger partial charge on any atom is -0.351 e. The number of hydrogen-bond acceptors (Lipinski definition) is 3. The van der Waals surface area contributed by atoms with Crippen LogP contribution in [0.1, 0.15) is 48.4 Å². The van der Waals surface area contributed by atoms with Gasteiger partial charge in [0.05, 0.1) is 11.6 Å². The smallest absolute Gasteiger partial charge is 0.226 e. The predicted octanol–water partition coefficient (Wildman–Crippen LogP) is 3.28. The van der Waals surface area contributed by atoms with Gasteiger partial charge in [0, 0.05) is 16.5 Å². The van der Waals surface area contributed by atoms with Gasteiger partial charge >= 0.3 is 0 Å². The molecule has 1 amide bonds. The Labute approximate surface area is 124 Å². The molecule has 4 aliphatic carbocycles. The Bertz CT molecular complexity index is 501. The van der Waals surface area contributed by atoms with Crippen molar-refractivity contribution in [2.45, 2.75) is 52.0 Å². The highest BCUT2D eigenvalue weighted by molar-refractivity contribution is 7.11. The van der Waals surface area contributed by atoms with E-state index in [-0.39, 0.29) is 5.41 Å². The van der Waals surface area contributed by atoms with Gasteiger partial charge in [-0.1, -0.05) is 0 Å². The molecule has 4 heteroatoms. The summed E-state index contributed by atoms with van der Waals surface area (Å²) in [4.78, 5) is 18.2. The summed E-state index contributed by atoms with van der Waals surface area (Å²) in [6.07, 6.45) is 9.49. The summed E-state index contributed by atoms with van der Waals surface area (Å²) in [5.74, 6) is 2.82. The third-order valence-electron chi connectivity index (χ3n) is 5.61. The molecule has 4 saturated carbocycles. The van der Waals surface area contributed by atoms with Crippen LogP contribution >= 0.6 is 11.3 Å². The molecule has 5 rings (SSSR count). The molecule has 3 nitrogen and oxygen atoms in total. The van der Waals surface area contributed by atoms with Gasteiger partial charge < -0.3 is 5.32 Å². The van der Waals surface area contributed by atoms with Gasteiger partial charge in [0.1, 0.15) is 0 Å². The fourth-order valence-electron chi connectivity index (χ4n) is 5.23. The lowest BCUT2D eigenvalue weighted by molar-refractivity contribution is -0.146. The lowest BCUT2D eigenvalue weighted by Gasteiger charge is -2.55. The van der Waals surface area contributed by atoms with E-state index in [1.807, 2.05) is 13.1 Å². The van der Waals surface area contributed by atoms with Crippen molar-refractivity contribution < 1.29 is 4.79 Å². The number of carbonyl (C=O) groups excluding carboxylic acids is 1. The summed E-state index contributed by atoms with van der Waals surface area (Å²) < 4.78 is 0. The minimum absolute atomic E-state index is 0.0194. The lowest BCUT2D eigenvalue weighted by atomic mass is 9.49. The predicted molar refractivity (Wildman–Crippen MR) is 79.3 cm³/mol. The molecular weight excluding hydrogens is 268 g/mol. The Kier molecular flexibility index (Phi) is 2.92. The van der Waals surface area contributed by atoms with Crippen molar-refractivity contribution in [3.63, 3.8) is 0 Å². The van der Waals surface area contributed by atoms with Gasteiger partial charge in [-0.2, -0.15) is 0 Å². The standard InChI is InChI=1S/C16H22N2OS/c1-10-17-8-14(20-10)9-18-15(19)16-5-11-2-12(6-16)4-13(3-11)7-16/h8,11-13H,2-7,9H2,1H3,(H,18,19). The van der Waals surface area contributed by atoms with Crippen LogP contribution in [0.25, 0.3) is 0 Å². The first kappa shape index (κ1) is 12.8. The first-order valence-electron chi connectivity index (χ1n) is 7.82. The molecule has 4 fully saturated rings. The van der Waals surface area contributed by atoms with Crippen LogP contribution in [0.2, 0.25) is 0 Å². The maximum absolute atomic E-state index is 12.7. The van der Waals surface area contributed by atoms with Crippen LogP contribution in [-0.4, -0.2) is 10.9 Å². The number of aryl methyl sites for hydroxylation is 1. The normalized spacial score (nSPS) is 38.1. The summed E-state index contributed by atoms with van der Waals surface area (Å²) >= 11 is 1.68. The summed E-state index contributed by atoms with van der Waals surface area (Å²) in [6.45, 7) is 2.67. The average molecular weight is 290 g/mol. The van der Waals surface area contributed by atoms with Crippen LogP contribution in [0.5, 0.6) is 0 Å². The van der Waals surface area contributed by atoms with Crippen LogP contribution in [0.4, 0.5) is 0 Å². The third kappa shape index (κ3) is 2.09. The van der Waals surface area contributed by atoms with Crippen molar-refractivity contribution in [1.82, 2.24) is 10.3 Å². The van der Waals surface area contributed by atoms with E-state index in [1.165, 1.54) is 24.1 Å². The molecule has 4 bridgehead atoms. The summed E-state index contributed by atoms with van der Waals surface area (Å²) in [7, 11) is 0. The fourth-order valence-corrected chi connectivity index (χ4v) is 5.97. The van der Waals surface area contributed by atoms with Gasteiger partial charge in [0.15, 0.2) is 0 Å². The molecule has 0 aliphatic heterocycles. The molecule has 0 atom stereocenters. The second-order valence-electron chi connectivity index (χ2n) is 7.23. The van der Waals surface area contributed by atoms with E-state index in [2.05, 4.69) is 10.3 Å². The molecule has 1 N–H and O–H groups in total. The van der Waals surface area contributed by atoms with Gasteiger partial charge in [0.2, 0.25) is 5.91 Å². The Hall–Kier alpha value is -0.900. The summed E-state index contributed by atoms with van der Waals surface area (Å²) in [5, 5.41) is 4.27. The second kappa shape index (κ2) is 4.55. The first-order chi connectivity index (χ1) is 9.63.